The van der Waals surface area contributed by atoms with Crippen LogP contribution in [0.2, 0.25) is 0 Å². The molecule has 7 N–H and O–H groups in total. The molecule has 1 rings (SSSR count). The fraction of sp³-hybridized carbons (Fsp3) is 0.848. The summed E-state index contributed by atoms with van der Waals surface area (Å²) in [6.45, 7) is 2.48. The number of unbranched alkanes of at least 4 members (excludes halogenated alkanes) is 19. The molecule has 0 saturated heterocycles. The normalized spacial score (nSPS) is 20.5. The number of aliphatic carboxylic acids is 1. The zero-order chi connectivity index (χ0) is 45.1. The maximum Gasteiger partial charge on any atom is 0.472 e. The van der Waals surface area contributed by atoms with Gasteiger partial charge in [0.05, 0.1) is 31.5 Å². The van der Waals surface area contributed by atoms with Crippen LogP contribution in [0.15, 0.2) is 24.3 Å². The Bertz CT molecular complexity index is 1250. The highest BCUT2D eigenvalue weighted by molar-refractivity contribution is 7.47. The quantitative estimate of drug-likeness (QED) is 0.0146. The van der Waals surface area contributed by atoms with Gasteiger partial charge >= 0.3 is 25.7 Å². The molecule has 1 unspecified atom stereocenters. The maximum absolute atomic E-state index is 12.8. The summed E-state index contributed by atoms with van der Waals surface area (Å²) >= 11 is 0. The lowest BCUT2D eigenvalue weighted by atomic mass is 9.89. The first-order chi connectivity index (χ1) is 29.3. The molecule has 0 bridgehead atoms. The number of phosphoric ester groups is 1. The molecule has 8 atom stereocenters. The molecule has 1 aliphatic carbocycles. The van der Waals surface area contributed by atoms with Crippen molar-refractivity contribution in [2.24, 2.45) is 17.6 Å². The van der Waals surface area contributed by atoms with Crippen molar-refractivity contribution in [3.05, 3.63) is 24.3 Å². The third kappa shape index (κ3) is 30.5. The van der Waals surface area contributed by atoms with Crippen molar-refractivity contribution in [2.45, 2.75) is 218 Å². The SMILES string of the molecule is CCCCCCCCCCCCCCCCCCCC(=O)OC[C@H](COP(=O)(O)OC[C@H](N)C(=O)O)OC(=O)CCC/C=C/C[C@@H]1[C@@H](/C=C/[C@@H](O)CCCCC)[C@H](O)C[C@@H]1O. The summed E-state index contributed by atoms with van der Waals surface area (Å²) in [5.74, 6) is -3.07. The summed E-state index contributed by atoms with van der Waals surface area (Å²) in [5.41, 5.74) is 5.34. The zero-order valence-electron chi connectivity index (χ0n) is 37.6. The van der Waals surface area contributed by atoms with Gasteiger partial charge in [-0.05, 0) is 38.0 Å². The first-order valence-electron chi connectivity index (χ1n) is 23.6. The second-order valence-corrected chi connectivity index (χ2v) is 18.3. The lowest BCUT2D eigenvalue weighted by Gasteiger charge is -2.20. The Kier molecular flexibility index (Phi) is 33.7. The molecule has 0 aromatic carbocycles. The summed E-state index contributed by atoms with van der Waals surface area (Å²) in [7, 11) is -4.79. The average Bonchev–Trinajstić information content (AvgIpc) is 3.49. The van der Waals surface area contributed by atoms with Crippen molar-refractivity contribution in [1.82, 2.24) is 0 Å². The van der Waals surface area contributed by atoms with E-state index < -0.39 is 76.0 Å². The number of aliphatic hydroxyl groups is 3. The molecule has 0 aliphatic heterocycles. The Morgan fingerprint density at radius 1 is 0.705 bits per heavy atom. The van der Waals surface area contributed by atoms with Crippen LogP contribution < -0.4 is 5.73 Å². The number of carbonyl (C=O) groups excluding carboxylic acids is 2. The molecule has 0 amide bonds. The first-order valence-corrected chi connectivity index (χ1v) is 25.1. The van der Waals surface area contributed by atoms with Gasteiger partial charge in [-0.1, -0.05) is 160 Å². The number of carboxylic acid groups (broad SMARTS) is 1. The molecule has 1 fully saturated rings. The number of allylic oxidation sites excluding steroid dienone is 2. The van der Waals surface area contributed by atoms with E-state index in [1.54, 1.807) is 6.08 Å². The van der Waals surface area contributed by atoms with Crippen molar-refractivity contribution >= 4 is 25.7 Å². The van der Waals surface area contributed by atoms with Gasteiger partial charge in [0.25, 0.3) is 0 Å². The summed E-state index contributed by atoms with van der Waals surface area (Å²) in [6.07, 6.45) is 30.5. The molecule has 0 spiro atoms. The molecule has 15 heteroatoms. The highest BCUT2D eigenvalue weighted by atomic mass is 31.2. The van der Waals surface area contributed by atoms with Crippen LogP contribution in [0.1, 0.15) is 187 Å². The maximum atomic E-state index is 12.8. The van der Waals surface area contributed by atoms with Crippen LogP contribution in [0.25, 0.3) is 0 Å². The second kappa shape index (κ2) is 36.2. The van der Waals surface area contributed by atoms with E-state index in [0.717, 1.165) is 38.5 Å². The highest BCUT2D eigenvalue weighted by Crippen LogP contribution is 2.43. The number of ether oxygens (including phenoxy) is 2. The Labute approximate surface area is 367 Å². The summed E-state index contributed by atoms with van der Waals surface area (Å²) in [6, 6.07) is -1.56. The minimum atomic E-state index is -4.79. The van der Waals surface area contributed by atoms with Crippen molar-refractivity contribution in [3.8, 4) is 0 Å². The third-order valence-electron chi connectivity index (χ3n) is 11.3. The minimum Gasteiger partial charge on any atom is -0.480 e. The predicted octanol–water partition coefficient (Wildman–Crippen LogP) is 9.00. The van der Waals surface area contributed by atoms with Gasteiger partial charge in [0.15, 0.2) is 6.10 Å². The fourth-order valence-corrected chi connectivity index (χ4v) is 8.25. The van der Waals surface area contributed by atoms with E-state index in [-0.39, 0.29) is 31.1 Å². The summed E-state index contributed by atoms with van der Waals surface area (Å²) in [4.78, 5) is 46.3. The molecule has 0 radical (unpaired) electrons. The van der Waals surface area contributed by atoms with Crippen LogP contribution in [0, 0.1) is 11.8 Å². The monoisotopic (exact) mass is 890 g/mol. The predicted molar refractivity (Wildman–Crippen MR) is 237 cm³/mol. The third-order valence-corrected chi connectivity index (χ3v) is 12.2. The molecule has 0 aromatic heterocycles. The van der Waals surface area contributed by atoms with Gasteiger partial charge in [-0.3, -0.25) is 23.4 Å². The van der Waals surface area contributed by atoms with E-state index in [1.807, 2.05) is 18.2 Å². The number of carbonyl (C=O) groups is 3. The average molecular weight is 890 g/mol. The van der Waals surface area contributed by atoms with E-state index in [4.69, 9.17) is 24.8 Å². The van der Waals surface area contributed by atoms with Gasteiger partial charge in [0.1, 0.15) is 12.6 Å². The minimum absolute atomic E-state index is 0.0131. The largest absolute Gasteiger partial charge is 0.480 e. The Hall–Kier alpha value is -2.16. The van der Waals surface area contributed by atoms with E-state index >= 15 is 0 Å². The van der Waals surface area contributed by atoms with Crippen molar-refractivity contribution < 1.29 is 62.8 Å². The lowest BCUT2D eigenvalue weighted by Crippen LogP contribution is -2.34. The lowest BCUT2D eigenvalue weighted by molar-refractivity contribution is -0.161. The summed E-state index contributed by atoms with van der Waals surface area (Å²) in [5, 5.41) is 40.3. The van der Waals surface area contributed by atoms with Crippen molar-refractivity contribution in [1.29, 1.82) is 0 Å². The molecule has 61 heavy (non-hydrogen) atoms. The van der Waals surface area contributed by atoms with E-state index in [2.05, 4.69) is 18.4 Å². The zero-order valence-corrected chi connectivity index (χ0v) is 38.5. The fourth-order valence-electron chi connectivity index (χ4n) is 7.47. The number of hydrogen-bond acceptors (Lipinski definition) is 12. The molecular formula is C46H84NO13P. The van der Waals surface area contributed by atoms with Crippen molar-refractivity contribution in [2.75, 3.05) is 19.8 Å². The molecular weight excluding hydrogens is 805 g/mol. The van der Waals surface area contributed by atoms with E-state index in [1.165, 1.54) is 83.5 Å². The van der Waals surface area contributed by atoms with Gasteiger partial charge in [0.2, 0.25) is 0 Å². The number of esters is 2. The standard InChI is InChI=1S/C46H84NO13P/c1-3-5-7-8-9-10-11-12-13-14-15-16-17-18-19-20-25-29-44(51)57-34-38(35-58-61(55,56)59-36-41(47)46(53)54)60-45(52)30-26-22-21-24-28-39-40(43(50)33-42(39)49)32-31-37(48)27-23-6-4-2/h21,24,31-32,37-43,48-50H,3-20,22-23,25-30,33-36,47H2,1-2H3,(H,53,54)(H,55,56)/b24-21+,32-31+/t37-,38+,39+,40+,41-,42-,43+/m0/s1. The number of carboxylic acids is 1. The summed E-state index contributed by atoms with van der Waals surface area (Å²) < 4.78 is 32.7. The van der Waals surface area contributed by atoms with Gasteiger partial charge in [-0.15, -0.1) is 0 Å². The van der Waals surface area contributed by atoms with Crippen LogP contribution >= 0.6 is 7.82 Å². The van der Waals surface area contributed by atoms with E-state index in [0.29, 0.717) is 32.1 Å². The molecule has 0 aromatic rings. The van der Waals surface area contributed by atoms with Gasteiger partial charge < -0.3 is 40.5 Å². The Balaban J connectivity index is 2.46. The molecule has 1 saturated carbocycles. The topological polar surface area (TPSA) is 232 Å². The number of rotatable bonds is 40. The van der Waals surface area contributed by atoms with Crippen molar-refractivity contribution in [3.63, 3.8) is 0 Å². The molecule has 356 valence electrons. The second-order valence-electron chi connectivity index (χ2n) is 16.9. The van der Waals surface area contributed by atoms with Gasteiger partial charge in [-0.2, -0.15) is 0 Å². The van der Waals surface area contributed by atoms with E-state index in [9.17, 15) is 39.2 Å². The molecule has 1 aliphatic rings. The Morgan fingerprint density at radius 3 is 1.80 bits per heavy atom. The van der Waals surface area contributed by atoms with Crippen LogP contribution in [0.4, 0.5) is 0 Å². The molecule has 14 nitrogen and oxygen atoms in total. The molecule has 0 heterocycles. The van der Waals surface area contributed by atoms with Crippen LogP contribution in [0.5, 0.6) is 0 Å². The number of aliphatic hydroxyl groups excluding tert-OH is 3. The highest BCUT2D eigenvalue weighted by Gasteiger charge is 2.39. The smallest absolute Gasteiger partial charge is 0.472 e. The number of nitrogens with two attached hydrogens (primary N) is 1. The number of phosphoric acid groups is 1. The van der Waals surface area contributed by atoms with Crippen LogP contribution in [-0.2, 0) is 37.5 Å². The number of hydrogen-bond donors (Lipinski definition) is 6. The van der Waals surface area contributed by atoms with Crippen LogP contribution in [0.3, 0.4) is 0 Å². The van der Waals surface area contributed by atoms with Gasteiger partial charge in [0, 0.05) is 25.2 Å². The van der Waals surface area contributed by atoms with Gasteiger partial charge in [-0.25, -0.2) is 4.57 Å². The first kappa shape index (κ1) is 56.9. The Morgan fingerprint density at radius 2 is 1.23 bits per heavy atom. The van der Waals surface area contributed by atoms with Crippen LogP contribution in [-0.4, -0.2) is 93.5 Å².